The second-order valence-corrected chi connectivity index (χ2v) is 7.88. The number of hydrogen-bond donors (Lipinski definition) is 0. The van der Waals surface area contributed by atoms with E-state index in [2.05, 4.69) is 10.2 Å². The van der Waals surface area contributed by atoms with Gasteiger partial charge in [-0.25, -0.2) is 4.79 Å². The van der Waals surface area contributed by atoms with Gasteiger partial charge < -0.3 is 14.1 Å². The zero-order valence-corrected chi connectivity index (χ0v) is 16.7. The molecule has 0 spiro atoms. The lowest BCUT2D eigenvalue weighted by Crippen LogP contribution is -2.33. The van der Waals surface area contributed by atoms with Crippen LogP contribution >= 0.6 is 11.6 Å². The largest absolute Gasteiger partial charge is 0.453 e. The van der Waals surface area contributed by atoms with E-state index in [4.69, 9.17) is 20.8 Å². The Morgan fingerprint density at radius 2 is 1.87 bits per heavy atom. The van der Waals surface area contributed by atoms with E-state index in [1.165, 1.54) is 0 Å². The Morgan fingerprint density at radius 1 is 1.10 bits per heavy atom. The van der Waals surface area contributed by atoms with Gasteiger partial charge in [-0.3, -0.25) is 4.79 Å². The predicted molar refractivity (Wildman–Crippen MR) is 108 cm³/mol. The number of esters is 1. The maximum absolute atomic E-state index is 13.0. The molecule has 8 heteroatoms. The summed E-state index contributed by atoms with van der Waals surface area (Å²) in [6.07, 6.45) is 1.41. The molecule has 0 saturated heterocycles. The number of rotatable bonds is 6. The Morgan fingerprint density at radius 3 is 2.63 bits per heavy atom. The van der Waals surface area contributed by atoms with Gasteiger partial charge in [0.1, 0.15) is 6.10 Å². The van der Waals surface area contributed by atoms with E-state index >= 15 is 0 Å². The summed E-state index contributed by atoms with van der Waals surface area (Å²) in [5, 5.41) is 8.81. The number of benzene rings is 2. The highest BCUT2D eigenvalue weighted by atomic mass is 35.5. The van der Waals surface area contributed by atoms with Crippen molar-refractivity contribution in [1.29, 1.82) is 0 Å². The smallest absolute Gasteiger partial charge is 0.339 e. The lowest BCUT2D eigenvalue weighted by atomic mass is 10.0. The molecule has 2 aromatic carbocycles. The second-order valence-electron chi connectivity index (χ2n) is 7.45. The van der Waals surface area contributed by atoms with Crippen LogP contribution in [0.1, 0.15) is 47.2 Å². The van der Waals surface area contributed by atoms with Crippen LogP contribution in [-0.4, -0.2) is 33.0 Å². The molecular weight excluding hydrogens is 406 g/mol. The molecule has 1 fully saturated rings. The van der Waals surface area contributed by atoms with Crippen LogP contribution in [0.2, 0.25) is 5.02 Å². The van der Waals surface area contributed by atoms with Crippen molar-refractivity contribution in [2.45, 2.75) is 38.0 Å². The fourth-order valence-corrected chi connectivity index (χ4v) is 3.75. The van der Waals surface area contributed by atoms with Crippen LogP contribution in [0.3, 0.4) is 0 Å². The maximum Gasteiger partial charge on any atom is 0.339 e. The molecule has 30 heavy (non-hydrogen) atoms. The number of carbonyl (C=O) groups excluding carboxylic acids is 2. The van der Waals surface area contributed by atoms with Crippen LogP contribution in [0.5, 0.6) is 0 Å². The molecule has 0 radical (unpaired) electrons. The standard InChI is InChI=1S/C22H18ClN3O4/c23-14-7-5-13(6-8-14)21-25-24-19(30-21)12-26(15-9-10-15)20(27)11-18-16-3-1-2-4-17(16)22(28)29-18/h1-8,15,18H,9-12H2/t18-/m0/s1. The third kappa shape index (κ3) is 3.68. The zero-order valence-electron chi connectivity index (χ0n) is 16.0. The summed E-state index contributed by atoms with van der Waals surface area (Å²) in [6.45, 7) is 0.229. The Labute approximate surface area is 177 Å². The average Bonchev–Trinajstić information content (AvgIpc) is 3.40. The number of hydrogen-bond acceptors (Lipinski definition) is 6. The zero-order chi connectivity index (χ0) is 20.7. The lowest BCUT2D eigenvalue weighted by Gasteiger charge is -2.22. The molecule has 1 atom stereocenters. The van der Waals surface area contributed by atoms with Crippen molar-refractivity contribution < 1.29 is 18.7 Å². The van der Waals surface area contributed by atoms with Crippen LogP contribution in [0.25, 0.3) is 11.5 Å². The number of amides is 1. The van der Waals surface area contributed by atoms with Gasteiger partial charge in [-0.15, -0.1) is 10.2 Å². The first-order valence-corrected chi connectivity index (χ1v) is 10.1. The number of aromatic nitrogens is 2. The van der Waals surface area contributed by atoms with E-state index in [0.29, 0.717) is 22.4 Å². The van der Waals surface area contributed by atoms with E-state index in [-0.39, 0.29) is 30.9 Å². The van der Waals surface area contributed by atoms with Gasteiger partial charge in [0, 0.05) is 22.2 Å². The minimum absolute atomic E-state index is 0.0947. The van der Waals surface area contributed by atoms with Gasteiger partial charge in [-0.05, 0) is 43.2 Å². The molecule has 3 aromatic rings. The number of ether oxygens (including phenoxy) is 1. The Kier molecular flexibility index (Phi) is 4.75. The number of nitrogens with zero attached hydrogens (tertiary/aromatic N) is 3. The highest BCUT2D eigenvalue weighted by Crippen LogP contribution is 2.35. The van der Waals surface area contributed by atoms with Crippen molar-refractivity contribution in [3.8, 4) is 11.5 Å². The fourth-order valence-electron chi connectivity index (χ4n) is 3.63. The first-order chi connectivity index (χ1) is 14.6. The van der Waals surface area contributed by atoms with Crippen LogP contribution < -0.4 is 0 Å². The molecule has 0 bridgehead atoms. The summed E-state index contributed by atoms with van der Waals surface area (Å²) in [5.41, 5.74) is 2.05. The third-order valence-electron chi connectivity index (χ3n) is 5.31. The monoisotopic (exact) mass is 423 g/mol. The van der Waals surface area contributed by atoms with E-state index in [9.17, 15) is 9.59 Å². The van der Waals surface area contributed by atoms with Crippen molar-refractivity contribution in [3.63, 3.8) is 0 Å². The molecule has 7 nitrogen and oxygen atoms in total. The quantitative estimate of drug-likeness (QED) is 0.553. The number of fused-ring (bicyclic) bond motifs is 1. The molecule has 5 rings (SSSR count). The molecular formula is C22H18ClN3O4. The van der Waals surface area contributed by atoms with Crippen LogP contribution in [0.15, 0.2) is 52.9 Å². The van der Waals surface area contributed by atoms with Gasteiger partial charge in [-0.1, -0.05) is 29.8 Å². The number of cyclic esters (lactones) is 1. The summed E-state index contributed by atoms with van der Waals surface area (Å²) < 4.78 is 11.2. The van der Waals surface area contributed by atoms with Crippen LogP contribution in [-0.2, 0) is 16.1 Å². The van der Waals surface area contributed by atoms with Crippen molar-refractivity contribution >= 4 is 23.5 Å². The molecule has 0 unspecified atom stereocenters. The van der Waals surface area contributed by atoms with Crippen LogP contribution in [0.4, 0.5) is 0 Å². The van der Waals surface area contributed by atoms with Gasteiger partial charge in [-0.2, -0.15) is 0 Å². The minimum Gasteiger partial charge on any atom is -0.453 e. The first-order valence-electron chi connectivity index (χ1n) is 9.76. The van der Waals surface area contributed by atoms with Crippen molar-refractivity contribution in [1.82, 2.24) is 15.1 Å². The molecule has 2 heterocycles. The maximum atomic E-state index is 13.0. The van der Waals surface area contributed by atoms with E-state index < -0.39 is 6.10 Å². The van der Waals surface area contributed by atoms with Gasteiger partial charge in [0.2, 0.25) is 17.7 Å². The topological polar surface area (TPSA) is 85.5 Å². The molecule has 1 aromatic heterocycles. The summed E-state index contributed by atoms with van der Waals surface area (Å²) >= 11 is 5.92. The molecule has 1 aliphatic heterocycles. The third-order valence-corrected chi connectivity index (χ3v) is 5.56. The highest BCUT2D eigenvalue weighted by molar-refractivity contribution is 6.30. The SMILES string of the molecule is O=C1O[C@@H](CC(=O)N(Cc2nnc(-c3ccc(Cl)cc3)o2)C2CC2)c2ccccc21. The van der Waals surface area contributed by atoms with Gasteiger partial charge in [0.05, 0.1) is 18.5 Å². The Hall–Kier alpha value is -3.19. The van der Waals surface area contributed by atoms with Gasteiger partial charge in [0.15, 0.2) is 0 Å². The lowest BCUT2D eigenvalue weighted by molar-refractivity contribution is -0.134. The first kappa shape index (κ1) is 18.8. The molecule has 1 amide bonds. The van der Waals surface area contributed by atoms with E-state index in [0.717, 1.165) is 24.0 Å². The highest BCUT2D eigenvalue weighted by Gasteiger charge is 2.38. The van der Waals surface area contributed by atoms with E-state index in [1.54, 1.807) is 41.3 Å². The average molecular weight is 424 g/mol. The van der Waals surface area contributed by atoms with Crippen molar-refractivity contribution in [2.24, 2.45) is 0 Å². The number of carbonyl (C=O) groups is 2. The minimum atomic E-state index is -0.560. The van der Waals surface area contributed by atoms with E-state index in [1.807, 2.05) is 12.1 Å². The van der Waals surface area contributed by atoms with Crippen molar-refractivity contribution in [2.75, 3.05) is 0 Å². The van der Waals surface area contributed by atoms with Crippen LogP contribution in [0, 0.1) is 0 Å². The molecule has 2 aliphatic rings. The molecule has 1 aliphatic carbocycles. The Bertz CT molecular complexity index is 1110. The summed E-state index contributed by atoms with van der Waals surface area (Å²) in [6, 6.07) is 14.4. The summed E-state index contributed by atoms with van der Waals surface area (Å²) in [7, 11) is 0. The molecule has 152 valence electrons. The summed E-state index contributed by atoms with van der Waals surface area (Å²) in [4.78, 5) is 26.8. The predicted octanol–water partition coefficient (Wildman–Crippen LogP) is 4.18. The summed E-state index contributed by atoms with van der Waals surface area (Å²) in [5.74, 6) is 0.261. The molecule has 0 N–H and O–H groups in total. The van der Waals surface area contributed by atoms with Crippen molar-refractivity contribution in [3.05, 3.63) is 70.6 Å². The molecule has 1 saturated carbocycles. The normalized spacial score (nSPS) is 17.5. The van der Waals surface area contributed by atoms with Gasteiger partial charge >= 0.3 is 5.97 Å². The second kappa shape index (κ2) is 7.57. The van der Waals surface area contributed by atoms with Gasteiger partial charge in [0.25, 0.3) is 0 Å². The number of halogens is 1. The Balaban J connectivity index is 1.30. The fraction of sp³-hybridized carbons (Fsp3) is 0.273.